The van der Waals surface area contributed by atoms with E-state index in [4.69, 9.17) is 5.73 Å². The molecule has 0 aliphatic heterocycles. The Labute approximate surface area is 108 Å². The number of nitrogens with two attached hydrogens (primary N) is 1. The summed E-state index contributed by atoms with van der Waals surface area (Å²) in [6.45, 7) is 2.16. The Hall–Kier alpha value is -2.02. The van der Waals surface area contributed by atoms with E-state index < -0.39 is 0 Å². The molecule has 3 rings (SSSR count). The van der Waals surface area contributed by atoms with Crippen molar-refractivity contribution in [2.24, 2.45) is 0 Å². The van der Waals surface area contributed by atoms with Crippen LogP contribution in [0.4, 0.5) is 5.69 Å². The molecule has 1 aliphatic carbocycles. The normalized spacial score (nSPS) is 15.9. The predicted molar refractivity (Wildman–Crippen MR) is 78.2 cm³/mol. The van der Waals surface area contributed by atoms with E-state index in [-0.39, 0.29) is 0 Å². The van der Waals surface area contributed by atoms with Crippen LogP contribution in [0.2, 0.25) is 0 Å². The van der Waals surface area contributed by atoms with E-state index in [0.717, 1.165) is 18.5 Å². The maximum atomic E-state index is 5.83. The zero-order valence-electron chi connectivity index (χ0n) is 10.6. The Morgan fingerprint density at radius 3 is 2.72 bits per heavy atom. The van der Waals surface area contributed by atoms with Gasteiger partial charge in [0.15, 0.2) is 0 Å². The number of allylic oxidation sites excluding steroid dienone is 1. The van der Waals surface area contributed by atoms with Crippen LogP contribution in [0.1, 0.15) is 28.7 Å². The average molecular weight is 235 g/mol. The lowest BCUT2D eigenvalue weighted by Crippen LogP contribution is -1.88. The first kappa shape index (κ1) is 11.1. The molecule has 0 saturated heterocycles. The van der Waals surface area contributed by atoms with Gasteiger partial charge in [-0.3, -0.25) is 0 Å². The van der Waals surface area contributed by atoms with Crippen molar-refractivity contribution in [1.82, 2.24) is 0 Å². The highest BCUT2D eigenvalue weighted by molar-refractivity contribution is 5.86. The molecular formula is C17H17N. The molecule has 1 aliphatic rings. The molecule has 1 nitrogen and oxygen atoms in total. The highest BCUT2D eigenvalue weighted by Gasteiger charge is 2.16. The Morgan fingerprint density at radius 1 is 1.06 bits per heavy atom. The Kier molecular flexibility index (Phi) is 2.67. The Morgan fingerprint density at radius 2 is 1.89 bits per heavy atom. The van der Waals surface area contributed by atoms with Gasteiger partial charge >= 0.3 is 0 Å². The van der Waals surface area contributed by atoms with Crippen LogP contribution in [0.5, 0.6) is 0 Å². The number of anilines is 1. The van der Waals surface area contributed by atoms with Gasteiger partial charge in [0.2, 0.25) is 0 Å². The number of hydrogen-bond acceptors (Lipinski definition) is 1. The van der Waals surface area contributed by atoms with Gasteiger partial charge < -0.3 is 5.73 Å². The molecule has 0 radical (unpaired) electrons. The summed E-state index contributed by atoms with van der Waals surface area (Å²) in [6, 6.07) is 14.8. The average Bonchev–Trinajstić information content (AvgIpc) is 2.74. The van der Waals surface area contributed by atoms with Gasteiger partial charge in [-0.2, -0.15) is 0 Å². The molecule has 18 heavy (non-hydrogen) atoms. The van der Waals surface area contributed by atoms with Gasteiger partial charge in [0.1, 0.15) is 0 Å². The zero-order valence-corrected chi connectivity index (χ0v) is 10.6. The third-order valence-corrected chi connectivity index (χ3v) is 3.66. The van der Waals surface area contributed by atoms with Crippen LogP contribution in [0.25, 0.3) is 11.6 Å². The second-order valence-corrected chi connectivity index (χ2v) is 4.94. The summed E-state index contributed by atoms with van der Waals surface area (Å²) in [5.74, 6) is 0. The minimum Gasteiger partial charge on any atom is -0.399 e. The van der Waals surface area contributed by atoms with Crippen LogP contribution in [-0.2, 0) is 6.42 Å². The minimum atomic E-state index is 0.867. The van der Waals surface area contributed by atoms with Gasteiger partial charge in [0.25, 0.3) is 0 Å². The topological polar surface area (TPSA) is 26.0 Å². The molecule has 2 N–H and O–H groups in total. The quantitative estimate of drug-likeness (QED) is 0.741. The molecule has 1 heteroatoms. The van der Waals surface area contributed by atoms with Gasteiger partial charge in [0.05, 0.1) is 0 Å². The summed E-state index contributed by atoms with van der Waals surface area (Å²) >= 11 is 0. The summed E-state index contributed by atoms with van der Waals surface area (Å²) < 4.78 is 0. The number of benzene rings is 2. The summed E-state index contributed by atoms with van der Waals surface area (Å²) in [5, 5.41) is 0. The predicted octanol–water partition coefficient (Wildman–Crippen LogP) is 4.06. The van der Waals surface area contributed by atoms with Gasteiger partial charge in [-0.25, -0.2) is 0 Å². The molecule has 0 heterocycles. The minimum absolute atomic E-state index is 0.867. The van der Waals surface area contributed by atoms with Crippen molar-refractivity contribution >= 4 is 17.3 Å². The molecule has 0 saturated carbocycles. The van der Waals surface area contributed by atoms with Crippen LogP contribution in [-0.4, -0.2) is 0 Å². The van der Waals surface area contributed by atoms with Crippen molar-refractivity contribution in [3.05, 3.63) is 64.7 Å². The highest BCUT2D eigenvalue weighted by atomic mass is 14.5. The van der Waals surface area contributed by atoms with E-state index >= 15 is 0 Å². The smallest absolute Gasteiger partial charge is 0.0317 e. The molecule has 0 atom stereocenters. The summed E-state index contributed by atoms with van der Waals surface area (Å²) in [4.78, 5) is 0. The lowest BCUT2D eigenvalue weighted by Gasteiger charge is -2.04. The van der Waals surface area contributed by atoms with E-state index in [1.165, 1.54) is 27.8 Å². The van der Waals surface area contributed by atoms with Gasteiger partial charge in [-0.15, -0.1) is 0 Å². The maximum Gasteiger partial charge on any atom is 0.0317 e. The van der Waals surface area contributed by atoms with Gasteiger partial charge in [-0.1, -0.05) is 36.4 Å². The highest BCUT2D eigenvalue weighted by Crippen LogP contribution is 2.34. The maximum absolute atomic E-state index is 5.83. The fraction of sp³-hybridized carbons (Fsp3) is 0.176. The van der Waals surface area contributed by atoms with Crippen molar-refractivity contribution in [3.8, 4) is 0 Å². The third-order valence-electron chi connectivity index (χ3n) is 3.66. The van der Waals surface area contributed by atoms with E-state index in [1.807, 2.05) is 6.07 Å². The lowest BCUT2D eigenvalue weighted by atomic mass is 10.0. The number of hydrogen-bond donors (Lipinski definition) is 1. The third kappa shape index (κ3) is 1.92. The second-order valence-electron chi connectivity index (χ2n) is 4.94. The van der Waals surface area contributed by atoms with Crippen LogP contribution >= 0.6 is 0 Å². The molecule has 0 unspecified atom stereocenters. The number of nitrogen functional groups attached to an aromatic ring is 1. The largest absolute Gasteiger partial charge is 0.399 e. The molecule has 2 aromatic carbocycles. The molecule has 0 spiro atoms. The molecule has 0 aromatic heterocycles. The molecule has 0 bridgehead atoms. The first-order valence-electron chi connectivity index (χ1n) is 6.39. The molecule has 2 aromatic rings. The second kappa shape index (κ2) is 4.34. The molecule has 90 valence electrons. The monoisotopic (exact) mass is 235 g/mol. The number of aryl methyl sites for hydroxylation is 2. The number of rotatable bonds is 1. The lowest BCUT2D eigenvalue weighted by molar-refractivity contribution is 1.08. The standard InChI is InChI=1S/C17H17N/c1-12-4-2-3-5-13(12)10-14-6-7-15-11-16(18)8-9-17(14)15/h2-5,8-11H,6-7,18H2,1H3/b14-10+. The van der Waals surface area contributed by atoms with E-state index in [9.17, 15) is 0 Å². The van der Waals surface area contributed by atoms with Crippen LogP contribution < -0.4 is 5.73 Å². The first-order valence-corrected chi connectivity index (χ1v) is 6.39. The fourth-order valence-electron chi connectivity index (χ4n) is 2.62. The molecule has 0 fully saturated rings. The number of fused-ring (bicyclic) bond motifs is 1. The summed E-state index contributed by atoms with van der Waals surface area (Å²) in [5.41, 5.74) is 13.5. The van der Waals surface area contributed by atoms with Crippen molar-refractivity contribution in [2.75, 3.05) is 5.73 Å². The van der Waals surface area contributed by atoms with Crippen LogP contribution in [0, 0.1) is 6.92 Å². The van der Waals surface area contributed by atoms with Crippen molar-refractivity contribution in [2.45, 2.75) is 19.8 Å². The fourth-order valence-corrected chi connectivity index (χ4v) is 2.62. The van der Waals surface area contributed by atoms with Crippen LogP contribution in [0.3, 0.4) is 0 Å². The summed E-state index contributed by atoms with van der Waals surface area (Å²) in [6.07, 6.45) is 4.54. The Balaban J connectivity index is 2.04. The SMILES string of the molecule is Cc1ccccc1/C=C1\CCc2cc(N)ccc21. The van der Waals surface area contributed by atoms with Crippen molar-refractivity contribution < 1.29 is 0 Å². The van der Waals surface area contributed by atoms with Crippen molar-refractivity contribution in [1.29, 1.82) is 0 Å². The van der Waals surface area contributed by atoms with E-state index in [2.05, 4.69) is 49.4 Å². The first-order chi connectivity index (χ1) is 8.74. The molecular weight excluding hydrogens is 218 g/mol. The van der Waals surface area contributed by atoms with Crippen LogP contribution in [0.15, 0.2) is 42.5 Å². The van der Waals surface area contributed by atoms with Gasteiger partial charge in [0, 0.05) is 5.69 Å². The van der Waals surface area contributed by atoms with Gasteiger partial charge in [-0.05, 0) is 59.7 Å². The molecule has 0 amide bonds. The zero-order chi connectivity index (χ0) is 12.5. The van der Waals surface area contributed by atoms with Crippen molar-refractivity contribution in [3.63, 3.8) is 0 Å². The Bertz CT molecular complexity index is 623. The summed E-state index contributed by atoms with van der Waals surface area (Å²) in [7, 11) is 0. The van der Waals surface area contributed by atoms with E-state index in [1.54, 1.807) is 0 Å². The van der Waals surface area contributed by atoms with E-state index in [0.29, 0.717) is 0 Å².